The van der Waals surface area contributed by atoms with Crippen molar-refractivity contribution in [3.63, 3.8) is 0 Å². The van der Waals surface area contributed by atoms with Crippen LogP contribution in [-0.4, -0.2) is 47.6 Å². The van der Waals surface area contributed by atoms with E-state index in [0.29, 0.717) is 34.6 Å². The van der Waals surface area contributed by atoms with E-state index in [2.05, 4.69) is 0 Å². The molecule has 0 atom stereocenters. The molecular weight excluding hydrogens is 432 g/mol. The number of para-hydroxylation sites is 1. The number of allylic oxidation sites excluding steroid dienone is 1. The molecule has 0 N–H and O–H groups in total. The predicted molar refractivity (Wildman–Crippen MR) is 130 cm³/mol. The molecule has 7 heteroatoms. The molecule has 2 aromatic rings. The lowest BCUT2D eigenvalue weighted by Gasteiger charge is -2.19. The van der Waals surface area contributed by atoms with Gasteiger partial charge in [0.1, 0.15) is 0 Å². The summed E-state index contributed by atoms with van der Waals surface area (Å²) < 4.78 is 12.2. The summed E-state index contributed by atoms with van der Waals surface area (Å²) >= 11 is 0. The largest absolute Gasteiger partial charge is 0.465 e. The van der Waals surface area contributed by atoms with E-state index in [-0.39, 0.29) is 18.4 Å². The Kier molecular flexibility index (Phi) is 7.44. The minimum atomic E-state index is -0.504. The first-order valence-corrected chi connectivity index (χ1v) is 11.4. The summed E-state index contributed by atoms with van der Waals surface area (Å²) in [6, 6.07) is 9.14. The van der Waals surface area contributed by atoms with Gasteiger partial charge in [0.05, 0.1) is 36.1 Å². The van der Waals surface area contributed by atoms with Gasteiger partial charge in [0, 0.05) is 23.6 Å². The summed E-state index contributed by atoms with van der Waals surface area (Å²) in [5.74, 6) is -0.909. The van der Waals surface area contributed by atoms with Crippen LogP contribution in [0.5, 0.6) is 0 Å². The van der Waals surface area contributed by atoms with Crippen LogP contribution in [0, 0.1) is 19.8 Å². The summed E-state index contributed by atoms with van der Waals surface area (Å²) in [6.45, 7) is 12.2. The molecule has 180 valence electrons. The summed E-state index contributed by atoms with van der Waals surface area (Å²) in [7, 11) is 1.35. The van der Waals surface area contributed by atoms with Crippen LogP contribution in [0.2, 0.25) is 0 Å². The summed E-state index contributed by atoms with van der Waals surface area (Å²) in [5.41, 5.74) is 4.83. The molecule has 0 fully saturated rings. The number of aryl methyl sites for hydroxylation is 1. The highest BCUT2D eigenvalue weighted by atomic mass is 16.5. The Morgan fingerprint density at radius 3 is 2.38 bits per heavy atom. The van der Waals surface area contributed by atoms with Crippen molar-refractivity contribution in [2.75, 3.05) is 20.3 Å². The Morgan fingerprint density at radius 1 is 1.09 bits per heavy atom. The maximum atomic E-state index is 13.4. The highest BCUT2D eigenvalue weighted by molar-refractivity contribution is 6.16. The zero-order chi connectivity index (χ0) is 25.2. The first-order chi connectivity index (χ1) is 16.1. The number of rotatable bonds is 7. The third kappa shape index (κ3) is 4.55. The Morgan fingerprint density at radius 2 is 1.76 bits per heavy atom. The maximum absolute atomic E-state index is 13.4. The smallest absolute Gasteiger partial charge is 0.340 e. The average Bonchev–Trinajstić information content (AvgIpc) is 3.20. The summed E-state index contributed by atoms with van der Waals surface area (Å²) in [4.78, 5) is 40.2. The van der Waals surface area contributed by atoms with E-state index in [1.807, 2.05) is 50.5 Å². The van der Waals surface area contributed by atoms with E-state index in [4.69, 9.17) is 9.47 Å². The zero-order valence-corrected chi connectivity index (χ0v) is 20.9. The molecule has 1 aliphatic rings. The second-order valence-corrected chi connectivity index (χ2v) is 8.72. The standard InChI is InChI=1S/C27H32N2O5/c1-8-34-27(32)24-19(6)28(15-16(2)3)25(30)22(24)14-20-13-17(4)29(18(20)5)23-12-10-9-11-21(23)26(31)33-7/h9-14,16H,8,15H2,1-7H3/b22-14-. The number of carbonyl (C=O) groups excluding carboxylic acids is 3. The van der Waals surface area contributed by atoms with Gasteiger partial charge in [-0.3, -0.25) is 4.79 Å². The predicted octanol–water partition coefficient (Wildman–Crippen LogP) is 4.60. The minimum Gasteiger partial charge on any atom is -0.465 e. The number of aromatic nitrogens is 1. The van der Waals surface area contributed by atoms with Crippen molar-refractivity contribution in [1.82, 2.24) is 9.47 Å². The number of nitrogens with zero attached hydrogens (tertiary/aromatic N) is 2. The molecule has 1 aromatic heterocycles. The molecule has 7 nitrogen and oxygen atoms in total. The van der Waals surface area contributed by atoms with Gasteiger partial charge >= 0.3 is 11.9 Å². The Labute approximate surface area is 200 Å². The molecule has 0 spiro atoms. The van der Waals surface area contributed by atoms with Gasteiger partial charge in [-0.25, -0.2) is 9.59 Å². The van der Waals surface area contributed by atoms with E-state index in [0.717, 1.165) is 17.0 Å². The monoisotopic (exact) mass is 464 g/mol. The van der Waals surface area contributed by atoms with Gasteiger partial charge in [-0.15, -0.1) is 0 Å². The highest BCUT2D eigenvalue weighted by Crippen LogP contribution is 2.34. The molecule has 0 saturated carbocycles. The topological polar surface area (TPSA) is 77.8 Å². The SMILES string of the molecule is CCOC(=O)C1=C(C)N(CC(C)C)C(=O)/C1=C\c1cc(C)n(-c2ccccc2C(=O)OC)c1C. The molecule has 1 aliphatic heterocycles. The van der Waals surface area contributed by atoms with E-state index in [9.17, 15) is 14.4 Å². The second-order valence-electron chi connectivity index (χ2n) is 8.72. The van der Waals surface area contributed by atoms with Crippen LogP contribution in [0.4, 0.5) is 0 Å². The number of ether oxygens (including phenoxy) is 2. The quantitative estimate of drug-likeness (QED) is 0.442. The van der Waals surface area contributed by atoms with Crippen LogP contribution < -0.4 is 0 Å². The number of hydrogen-bond donors (Lipinski definition) is 0. The van der Waals surface area contributed by atoms with Gasteiger partial charge in [0.25, 0.3) is 5.91 Å². The van der Waals surface area contributed by atoms with Crippen LogP contribution in [0.25, 0.3) is 11.8 Å². The first kappa shape index (κ1) is 25.0. The van der Waals surface area contributed by atoms with E-state index in [1.54, 1.807) is 37.0 Å². The lowest BCUT2D eigenvalue weighted by molar-refractivity contribution is -0.138. The van der Waals surface area contributed by atoms with Gasteiger partial charge in [0.2, 0.25) is 0 Å². The van der Waals surface area contributed by atoms with Crippen LogP contribution in [0.15, 0.2) is 47.2 Å². The number of amides is 1. The molecule has 0 radical (unpaired) electrons. The highest BCUT2D eigenvalue weighted by Gasteiger charge is 2.37. The van der Waals surface area contributed by atoms with Crippen LogP contribution >= 0.6 is 0 Å². The van der Waals surface area contributed by atoms with Gasteiger partial charge in [-0.2, -0.15) is 0 Å². The number of hydrogen-bond acceptors (Lipinski definition) is 5. The van der Waals surface area contributed by atoms with Crippen molar-refractivity contribution in [2.45, 2.75) is 41.5 Å². The molecule has 2 heterocycles. The number of methoxy groups -OCH3 is 1. The first-order valence-electron chi connectivity index (χ1n) is 11.4. The van der Waals surface area contributed by atoms with Crippen LogP contribution in [-0.2, 0) is 19.1 Å². The van der Waals surface area contributed by atoms with Crippen molar-refractivity contribution in [2.24, 2.45) is 5.92 Å². The van der Waals surface area contributed by atoms with Crippen molar-refractivity contribution in [3.05, 3.63) is 69.7 Å². The lowest BCUT2D eigenvalue weighted by atomic mass is 10.0. The number of benzene rings is 1. The number of esters is 2. The van der Waals surface area contributed by atoms with Gasteiger partial charge in [-0.1, -0.05) is 26.0 Å². The number of carbonyl (C=O) groups is 3. The minimum absolute atomic E-state index is 0.214. The third-order valence-corrected chi connectivity index (χ3v) is 5.86. The van der Waals surface area contributed by atoms with Crippen LogP contribution in [0.1, 0.15) is 55.0 Å². The fraction of sp³-hybridized carbons (Fsp3) is 0.370. The normalized spacial score (nSPS) is 15.0. The van der Waals surface area contributed by atoms with Crippen molar-refractivity contribution < 1.29 is 23.9 Å². The third-order valence-electron chi connectivity index (χ3n) is 5.86. The Balaban J connectivity index is 2.16. The molecule has 0 saturated heterocycles. The average molecular weight is 465 g/mol. The van der Waals surface area contributed by atoms with Gasteiger partial charge in [0.15, 0.2) is 0 Å². The maximum Gasteiger partial charge on any atom is 0.340 e. The van der Waals surface area contributed by atoms with Gasteiger partial charge in [-0.05, 0) is 63.5 Å². The molecule has 0 bridgehead atoms. The fourth-order valence-corrected chi connectivity index (χ4v) is 4.33. The van der Waals surface area contributed by atoms with Crippen molar-refractivity contribution in [1.29, 1.82) is 0 Å². The van der Waals surface area contributed by atoms with E-state index < -0.39 is 11.9 Å². The molecule has 34 heavy (non-hydrogen) atoms. The van der Waals surface area contributed by atoms with Crippen molar-refractivity contribution >= 4 is 23.9 Å². The molecule has 1 amide bonds. The molecule has 0 aliphatic carbocycles. The van der Waals surface area contributed by atoms with E-state index in [1.165, 1.54) is 7.11 Å². The molecule has 1 aromatic carbocycles. The molecule has 3 rings (SSSR count). The van der Waals surface area contributed by atoms with Crippen molar-refractivity contribution in [3.8, 4) is 5.69 Å². The Bertz CT molecular complexity index is 1200. The molecular formula is C27H32N2O5. The van der Waals surface area contributed by atoms with Crippen LogP contribution in [0.3, 0.4) is 0 Å². The lowest BCUT2D eigenvalue weighted by Crippen LogP contribution is -2.28. The summed E-state index contributed by atoms with van der Waals surface area (Å²) in [5, 5.41) is 0. The Hall–Kier alpha value is -3.61. The molecule has 0 unspecified atom stereocenters. The fourth-order valence-electron chi connectivity index (χ4n) is 4.33. The summed E-state index contributed by atoms with van der Waals surface area (Å²) in [6.07, 6.45) is 1.75. The van der Waals surface area contributed by atoms with E-state index >= 15 is 0 Å². The zero-order valence-electron chi connectivity index (χ0n) is 20.9. The second kappa shape index (κ2) is 10.1. The van der Waals surface area contributed by atoms with Gasteiger partial charge < -0.3 is 18.9 Å².